The number of nitrogens with one attached hydrogen (secondary N) is 1. The van der Waals surface area contributed by atoms with Gasteiger partial charge in [0.25, 0.3) is 0 Å². The Kier molecular flexibility index (Phi) is 6.02. The van der Waals surface area contributed by atoms with Crippen LogP contribution in [-0.4, -0.2) is 24.6 Å². The van der Waals surface area contributed by atoms with Crippen molar-refractivity contribution in [3.8, 4) is 5.75 Å². The van der Waals surface area contributed by atoms with Gasteiger partial charge >= 0.3 is 5.69 Å². The van der Waals surface area contributed by atoms with E-state index in [1.807, 2.05) is 0 Å². The zero-order valence-corrected chi connectivity index (χ0v) is 11.4. The summed E-state index contributed by atoms with van der Waals surface area (Å²) in [4.78, 5) is 10.5. The SMILES string of the molecule is C=C(CNCCC)COc1c(C)cccc1[N+](=O)[O-]. The maximum Gasteiger partial charge on any atom is 0.311 e. The van der Waals surface area contributed by atoms with Crippen molar-refractivity contribution in [2.75, 3.05) is 19.7 Å². The standard InChI is InChI=1S/C14H20N2O3/c1-4-8-15-9-11(2)10-19-14-12(3)6-5-7-13(14)16(17)18/h5-7,15H,2,4,8-10H2,1,3H3. The number of nitro benzene ring substituents is 1. The molecule has 0 aliphatic carbocycles. The van der Waals surface area contributed by atoms with E-state index in [1.54, 1.807) is 19.1 Å². The van der Waals surface area contributed by atoms with Crippen molar-refractivity contribution in [3.05, 3.63) is 46.0 Å². The number of hydrogen-bond acceptors (Lipinski definition) is 4. The summed E-state index contributed by atoms with van der Waals surface area (Å²) in [6, 6.07) is 4.89. The van der Waals surface area contributed by atoms with Crippen molar-refractivity contribution in [2.45, 2.75) is 20.3 Å². The average molecular weight is 264 g/mol. The van der Waals surface area contributed by atoms with Gasteiger partial charge in [0, 0.05) is 12.6 Å². The molecular weight excluding hydrogens is 244 g/mol. The molecule has 0 amide bonds. The van der Waals surface area contributed by atoms with Crippen LogP contribution < -0.4 is 10.1 Å². The molecule has 0 radical (unpaired) electrons. The van der Waals surface area contributed by atoms with E-state index in [9.17, 15) is 10.1 Å². The second-order valence-electron chi connectivity index (χ2n) is 4.40. The molecule has 0 spiro atoms. The molecule has 0 aliphatic rings. The summed E-state index contributed by atoms with van der Waals surface area (Å²) in [5.41, 5.74) is 1.61. The minimum Gasteiger partial charge on any atom is -0.482 e. The summed E-state index contributed by atoms with van der Waals surface area (Å²) in [6.07, 6.45) is 1.05. The molecule has 104 valence electrons. The van der Waals surface area contributed by atoms with Gasteiger partial charge in [-0.25, -0.2) is 0 Å². The lowest BCUT2D eigenvalue weighted by molar-refractivity contribution is -0.385. The van der Waals surface area contributed by atoms with E-state index in [4.69, 9.17) is 4.74 Å². The maximum atomic E-state index is 10.9. The van der Waals surface area contributed by atoms with E-state index in [2.05, 4.69) is 18.8 Å². The van der Waals surface area contributed by atoms with Crippen molar-refractivity contribution in [3.63, 3.8) is 0 Å². The Morgan fingerprint density at radius 2 is 2.26 bits per heavy atom. The highest BCUT2D eigenvalue weighted by Gasteiger charge is 2.16. The molecule has 0 saturated heterocycles. The Labute approximate surface area is 113 Å². The first-order chi connectivity index (χ1) is 9.06. The first-order valence-electron chi connectivity index (χ1n) is 6.30. The molecule has 0 aliphatic heterocycles. The Hall–Kier alpha value is -1.88. The van der Waals surface area contributed by atoms with Crippen molar-refractivity contribution >= 4 is 5.69 Å². The lowest BCUT2D eigenvalue weighted by atomic mass is 10.2. The van der Waals surface area contributed by atoms with E-state index in [0.29, 0.717) is 12.3 Å². The molecule has 5 nitrogen and oxygen atoms in total. The van der Waals surface area contributed by atoms with Crippen LogP contribution in [0.5, 0.6) is 5.75 Å². The quantitative estimate of drug-likeness (QED) is 0.339. The minimum atomic E-state index is -0.430. The topological polar surface area (TPSA) is 64.4 Å². The predicted molar refractivity (Wildman–Crippen MR) is 75.6 cm³/mol. The number of rotatable bonds is 8. The van der Waals surface area contributed by atoms with Crippen LogP contribution in [0.2, 0.25) is 0 Å². The normalized spacial score (nSPS) is 10.2. The predicted octanol–water partition coefficient (Wildman–Crippen LogP) is 2.84. The van der Waals surface area contributed by atoms with Crippen LogP contribution in [0.4, 0.5) is 5.69 Å². The number of benzene rings is 1. The number of nitrogens with zero attached hydrogens (tertiary/aromatic N) is 1. The molecule has 1 N–H and O–H groups in total. The van der Waals surface area contributed by atoms with E-state index >= 15 is 0 Å². The summed E-state index contributed by atoms with van der Waals surface area (Å²) in [5.74, 6) is 0.323. The summed E-state index contributed by atoms with van der Waals surface area (Å²) in [6.45, 7) is 9.63. The van der Waals surface area contributed by atoms with Gasteiger partial charge in [0.05, 0.1) is 4.92 Å². The fourth-order valence-electron chi connectivity index (χ4n) is 1.64. The van der Waals surface area contributed by atoms with Gasteiger partial charge in [-0.15, -0.1) is 0 Å². The molecule has 0 atom stereocenters. The third-order valence-corrected chi connectivity index (χ3v) is 2.61. The first kappa shape index (κ1) is 15.2. The van der Waals surface area contributed by atoms with Gasteiger partial charge < -0.3 is 10.1 Å². The van der Waals surface area contributed by atoms with Crippen LogP contribution in [0.25, 0.3) is 0 Å². The maximum absolute atomic E-state index is 10.9. The number of aryl methyl sites for hydroxylation is 1. The second-order valence-corrected chi connectivity index (χ2v) is 4.40. The Morgan fingerprint density at radius 3 is 2.89 bits per heavy atom. The van der Waals surface area contributed by atoms with Gasteiger partial charge in [-0.1, -0.05) is 25.6 Å². The van der Waals surface area contributed by atoms with Gasteiger partial charge in [-0.05, 0) is 31.0 Å². The fraction of sp³-hybridized carbons (Fsp3) is 0.429. The van der Waals surface area contributed by atoms with Crippen LogP contribution in [0.1, 0.15) is 18.9 Å². The molecule has 0 fully saturated rings. The van der Waals surface area contributed by atoms with E-state index < -0.39 is 4.92 Å². The number of ether oxygens (including phenoxy) is 1. The molecule has 19 heavy (non-hydrogen) atoms. The monoisotopic (exact) mass is 264 g/mol. The van der Waals surface area contributed by atoms with Crippen molar-refractivity contribution in [1.82, 2.24) is 5.32 Å². The molecule has 1 aromatic carbocycles. The van der Waals surface area contributed by atoms with Crippen LogP contribution in [0.15, 0.2) is 30.4 Å². The Bertz CT molecular complexity index is 458. The van der Waals surface area contributed by atoms with Crippen LogP contribution >= 0.6 is 0 Å². The molecular formula is C14H20N2O3. The van der Waals surface area contributed by atoms with Crippen molar-refractivity contribution in [2.24, 2.45) is 0 Å². The third kappa shape index (κ3) is 4.71. The zero-order valence-electron chi connectivity index (χ0n) is 11.4. The van der Waals surface area contributed by atoms with Gasteiger partial charge in [0.15, 0.2) is 5.75 Å². The number of para-hydroxylation sites is 1. The largest absolute Gasteiger partial charge is 0.482 e. The van der Waals surface area contributed by atoms with Crippen LogP contribution in [0, 0.1) is 17.0 Å². The van der Waals surface area contributed by atoms with Crippen LogP contribution in [0.3, 0.4) is 0 Å². The molecule has 0 bridgehead atoms. The van der Waals surface area contributed by atoms with Gasteiger partial charge in [-0.3, -0.25) is 10.1 Å². The van der Waals surface area contributed by atoms with Gasteiger partial charge in [0.2, 0.25) is 0 Å². The highest BCUT2D eigenvalue weighted by atomic mass is 16.6. The molecule has 0 heterocycles. The lowest BCUT2D eigenvalue weighted by Gasteiger charge is -2.11. The fourth-order valence-corrected chi connectivity index (χ4v) is 1.64. The molecule has 5 heteroatoms. The number of nitro groups is 1. The second kappa shape index (κ2) is 7.53. The lowest BCUT2D eigenvalue weighted by Crippen LogP contribution is -2.20. The first-order valence-corrected chi connectivity index (χ1v) is 6.30. The van der Waals surface area contributed by atoms with Crippen molar-refractivity contribution in [1.29, 1.82) is 0 Å². The Morgan fingerprint density at radius 1 is 1.53 bits per heavy atom. The summed E-state index contributed by atoms with van der Waals surface area (Å²) in [7, 11) is 0. The summed E-state index contributed by atoms with van der Waals surface area (Å²) in [5, 5.41) is 14.1. The average Bonchev–Trinajstić information content (AvgIpc) is 2.37. The highest BCUT2D eigenvalue weighted by molar-refractivity contribution is 5.51. The number of hydrogen-bond donors (Lipinski definition) is 1. The van der Waals surface area contributed by atoms with E-state index in [0.717, 1.165) is 24.1 Å². The van der Waals surface area contributed by atoms with Gasteiger partial charge in [0.1, 0.15) is 6.61 Å². The summed E-state index contributed by atoms with van der Waals surface area (Å²) < 4.78 is 5.54. The van der Waals surface area contributed by atoms with E-state index in [-0.39, 0.29) is 12.3 Å². The van der Waals surface area contributed by atoms with Gasteiger partial charge in [-0.2, -0.15) is 0 Å². The summed E-state index contributed by atoms with van der Waals surface area (Å²) >= 11 is 0. The molecule has 0 unspecified atom stereocenters. The smallest absolute Gasteiger partial charge is 0.311 e. The zero-order chi connectivity index (χ0) is 14.3. The Balaban J connectivity index is 2.62. The molecule has 1 rings (SSSR count). The molecule has 0 aromatic heterocycles. The molecule has 1 aromatic rings. The highest BCUT2D eigenvalue weighted by Crippen LogP contribution is 2.30. The third-order valence-electron chi connectivity index (χ3n) is 2.61. The van der Waals surface area contributed by atoms with Crippen LogP contribution in [-0.2, 0) is 0 Å². The minimum absolute atomic E-state index is 0.00526. The molecule has 0 saturated carbocycles. The van der Waals surface area contributed by atoms with E-state index in [1.165, 1.54) is 6.07 Å². The van der Waals surface area contributed by atoms with Crippen molar-refractivity contribution < 1.29 is 9.66 Å².